The molecule has 92 valence electrons. The SMILES string of the molecule is FC(F)(F)c1nnc(NCCn2cccn2)s1. The molecule has 0 unspecified atom stereocenters. The van der Waals surface area contributed by atoms with Crippen LogP contribution in [-0.4, -0.2) is 26.5 Å². The topological polar surface area (TPSA) is 55.6 Å². The Bertz CT molecular complexity index is 464. The average Bonchev–Trinajstić information content (AvgIpc) is 2.86. The summed E-state index contributed by atoms with van der Waals surface area (Å²) in [6.07, 6.45) is -1.03. The van der Waals surface area contributed by atoms with E-state index in [1.54, 1.807) is 23.1 Å². The van der Waals surface area contributed by atoms with Crippen LogP contribution in [0, 0.1) is 0 Å². The highest BCUT2D eigenvalue weighted by atomic mass is 32.1. The van der Waals surface area contributed by atoms with Gasteiger partial charge in [-0.25, -0.2) is 0 Å². The number of aromatic nitrogens is 4. The predicted octanol–water partition coefficient (Wildman–Crippen LogP) is 1.87. The van der Waals surface area contributed by atoms with Gasteiger partial charge < -0.3 is 5.32 Å². The molecule has 0 bridgehead atoms. The monoisotopic (exact) mass is 263 g/mol. The van der Waals surface area contributed by atoms with E-state index in [4.69, 9.17) is 0 Å². The summed E-state index contributed by atoms with van der Waals surface area (Å²) in [5.74, 6) is 0. The van der Waals surface area contributed by atoms with Gasteiger partial charge in [0.2, 0.25) is 10.1 Å². The zero-order chi connectivity index (χ0) is 12.3. The molecule has 0 amide bonds. The highest BCUT2D eigenvalue weighted by Gasteiger charge is 2.35. The standard InChI is InChI=1S/C8H8F3N5S/c9-8(10,11)6-14-15-7(17-6)12-3-5-16-4-1-2-13-16/h1-2,4H,3,5H2,(H,12,15). The van der Waals surface area contributed by atoms with Gasteiger partial charge in [-0.3, -0.25) is 4.68 Å². The van der Waals surface area contributed by atoms with Crippen LogP contribution in [0.2, 0.25) is 0 Å². The highest BCUT2D eigenvalue weighted by Crippen LogP contribution is 2.32. The van der Waals surface area contributed by atoms with Gasteiger partial charge in [-0.05, 0) is 6.07 Å². The van der Waals surface area contributed by atoms with E-state index in [1.807, 2.05) is 0 Å². The molecule has 2 heterocycles. The van der Waals surface area contributed by atoms with Crippen LogP contribution < -0.4 is 5.32 Å². The molecule has 5 nitrogen and oxygen atoms in total. The Morgan fingerprint density at radius 1 is 1.35 bits per heavy atom. The zero-order valence-corrected chi connectivity index (χ0v) is 9.29. The summed E-state index contributed by atoms with van der Waals surface area (Å²) in [7, 11) is 0. The Balaban J connectivity index is 1.85. The Morgan fingerprint density at radius 3 is 2.76 bits per heavy atom. The van der Waals surface area contributed by atoms with Gasteiger partial charge in [0.15, 0.2) is 0 Å². The van der Waals surface area contributed by atoms with Crippen molar-refractivity contribution in [3.63, 3.8) is 0 Å². The minimum Gasteiger partial charge on any atom is -0.358 e. The molecule has 0 radical (unpaired) electrons. The molecule has 2 aromatic heterocycles. The fraction of sp³-hybridized carbons (Fsp3) is 0.375. The first-order valence-electron chi connectivity index (χ1n) is 4.68. The van der Waals surface area contributed by atoms with Crippen LogP contribution in [0.3, 0.4) is 0 Å². The van der Waals surface area contributed by atoms with Gasteiger partial charge in [0.1, 0.15) is 0 Å². The number of hydrogen-bond acceptors (Lipinski definition) is 5. The quantitative estimate of drug-likeness (QED) is 0.914. The molecule has 2 aromatic rings. The number of anilines is 1. The van der Waals surface area contributed by atoms with Crippen molar-refractivity contribution in [2.75, 3.05) is 11.9 Å². The second kappa shape index (κ2) is 4.70. The third kappa shape index (κ3) is 3.16. The predicted molar refractivity (Wildman–Crippen MR) is 55.6 cm³/mol. The molecule has 0 aliphatic carbocycles. The lowest BCUT2D eigenvalue weighted by Crippen LogP contribution is -2.10. The summed E-state index contributed by atoms with van der Waals surface area (Å²) in [6, 6.07) is 1.77. The lowest BCUT2D eigenvalue weighted by molar-refractivity contribution is -0.138. The maximum Gasteiger partial charge on any atom is 0.445 e. The van der Waals surface area contributed by atoms with E-state index in [1.165, 1.54) is 0 Å². The van der Waals surface area contributed by atoms with Crippen LogP contribution >= 0.6 is 11.3 Å². The van der Waals surface area contributed by atoms with Crippen molar-refractivity contribution in [1.29, 1.82) is 0 Å². The summed E-state index contributed by atoms with van der Waals surface area (Å²) in [6.45, 7) is 0.988. The minimum atomic E-state index is -4.43. The minimum absolute atomic E-state index is 0.157. The first-order valence-corrected chi connectivity index (χ1v) is 5.49. The fourth-order valence-electron chi connectivity index (χ4n) is 1.12. The summed E-state index contributed by atoms with van der Waals surface area (Å²) in [5.41, 5.74) is 0. The number of nitrogens with one attached hydrogen (secondary N) is 1. The van der Waals surface area contributed by atoms with Gasteiger partial charge in [-0.2, -0.15) is 18.3 Å². The molecular weight excluding hydrogens is 255 g/mol. The van der Waals surface area contributed by atoms with E-state index in [-0.39, 0.29) is 5.13 Å². The van der Waals surface area contributed by atoms with Gasteiger partial charge in [-0.15, -0.1) is 10.2 Å². The molecule has 0 spiro atoms. The number of hydrogen-bond donors (Lipinski definition) is 1. The molecule has 0 aromatic carbocycles. The van der Waals surface area contributed by atoms with Gasteiger partial charge in [0.25, 0.3) is 0 Å². The average molecular weight is 263 g/mol. The molecule has 0 aliphatic rings. The van der Waals surface area contributed by atoms with Crippen LogP contribution in [0.4, 0.5) is 18.3 Å². The summed E-state index contributed by atoms with van der Waals surface area (Å²) >= 11 is 0.489. The number of rotatable bonds is 4. The van der Waals surface area contributed by atoms with Crippen LogP contribution in [-0.2, 0) is 12.7 Å². The smallest absolute Gasteiger partial charge is 0.358 e. The third-order valence-corrected chi connectivity index (χ3v) is 2.77. The molecule has 17 heavy (non-hydrogen) atoms. The Hall–Kier alpha value is -1.64. The number of halogens is 3. The maximum atomic E-state index is 12.2. The second-order valence-corrected chi connectivity index (χ2v) is 4.08. The molecular formula is C8H8F3N5S. The summed E-state index contributed by atoms with van der Waals surface area (Å²) in [4.78, 5) is 0. The van der Waals surface area contributed by atoms with Gasteiger partial charge >= 0.3 is 6.18 Å². The largest absolute Gasteiger partial charge is 0.445 e. The Morgan fingerprint density at radius 2 is 2.18 bits per heavy atom. The molecule has 0 saturated heterocycles. The van der Waals surface area contributed by atoms with Crippen LogP contribution in [0.25, 0.3) is 0 Å². The highest BCUT2D eigenvalue weighted by molar-refractivity contribution is 7.15. The van der Waals surface area contributed by atoms with Crippen molar-refractivity contribution >= 4 is 16.5 Å². The molecule has 0 saturated carbocycles. The number of alkyl halides is 3. The summed E-state index contributed by atoms with van der Waals surface area (Å²) < 4.78 is 38.3. The first-order chi connectivity index (χ1) is 8.05. The summed E-state index contributed by atoms with van der Waals surface area (Å²) in [5, 5.41) is 12.4. The van der Waals surface area contributed by atoms with Crippen molar-refractivity contribution in [3.8, 4) is 0 Å². The van der Waals surface area contributed by atoms with Crippen LogP contribution in [0.5, 0.6) is 0 Å². The van der Waals surface area contributed by atoms with E-state index >= 15 is 0 Å². The zero-order valence-electron chi connectivity index (χ0n) is 8.48. The normalized spacial score (nSPS) is 11.7. The van der Waals surface area contributed by atoms with Gasteiger partial charge in [0.05, 0.1) is 6.54 Å². The Kier molecular flexibility index (Phi) is 3.27. The molecule has 1 N–H and O–H groups in total. The van der Waals surface area contributed by atoms with E-state index in [2.05, 4.69) is 20.6 Å². The van der Waals surface area contributed by atoms with Crippen molar-refractivity contribution < 1.29 is 13.2 Å². The van der Waals surface area contributed by atoms with Crippen molar-refractivity contribution in [3.05, 3.63) is 23.5 Å². The van der Waals surface area contributed by atoms with Crippen molar-refractivity contribution in [2.45, 2.75) is 12.7 Å². The molecule has 2 rings (SSSR count). The maximum absolute atomic E-state index is 12.2. The molecule has 0 aliphatic heterocycles. The third-order valence-electron chi connectivity index (χ3n) is 1.84. The van der Waals surface area contributed by atoms with Gasteiger partial charge in [0, 0.05) is 18.9 Å². The van der Waals surface area contributed by atoms with Crippen molar-refractivity contribution in [1.82, 2.24) is 20.0 Å². The molecule has 9 heteroatoms. The number of nitrogens with zero attached hydrogens (tertiary/aromatic N) is 4. The van der Waals surface area contributed by atoms with E-state index in [0.717, 1.165) is 0 Å². The molecule has 0 fully saturated rings. The van der Waals surface area contributed by atoms with E-state index in [9.17, 15) is 13.2 Å². The fourth-order valence-corrected chi connectivity index (χ4v) is 1.76. The van der Waals surface area contributed by atoms with E-state index < -0.39 is 11.2 Å². The van der Waals surface area contributed by atoms with Gasteiger partial charge in [-0.1, -0.05) is 11.3 Å². The Labute approximate surface area is 98.3 Å². The van der Waals surface area contributed by atoms with Crippen LogP contribution in [0.1, 0.15) is 5.01 Å². The van der Waals surface area contributed by atoms with Crippen molar-refractivity contribution in [2.24, 2.45) is 0 Å². The second-order valence-electron chi connectivity index (χ2n) is 3.11. The van der Waals surface area contributed by atoms with E-state index in [0.29, 0.717) is 24.4 Å². The lowest BCUT2D eigenvalue weighted by Gasteiger charge is -2.02. The first kappa shape index (κ1) is 11.8. The lowest BCUT2D eigenvalue weighted by atomic mass is 10.6. The van der Waals surface area contributed by atoms with Crippen LogP contribution in [0.15, 0.2) is 18.5 Å². The molecule has 0 atom stereocenters.